The van der Waals surface area contributed by atoms with Crippen molar-refractivity contribution in [1.29, 1.82) is 5.41 Å². The van der Waals surface area contributed by atoms with Gasteiger partial charge in [0.1, 0.15) is 5.82 Å². The van der Waals surface area contributed by atoms with Gasteiger partial charge in [0.05, 0.1) is 5.69 Å². The maximum absolute atomic E-state index is 7.58. The van der Waals surface area contributed by atoms with Gasteiger partial charge in [-0.2, -0.15) is 9.78 Å². The topological polar surface area (TPSA) is 79.7 Å². The average Bonchev–Trinajstić information content (AvgIpc) is 2.46. The number of nitrogen functional groups attached to an aromatic ring is 1. The molecule has 2 heterocycles. The van der Waals surface area contributed by atoms with E-state index in [1.165, 1.54) is 12.0 Å². The van der Waals surface area contributed by atoms with E-state index in [1.807, 2.05) is 0 Å². The molecule has 4 N–H and O–H groups in total. The molecule has 1 aliphatic rings. The molecule has 5 heteroatoms. The predicted molar refractivity (Wildman–Crippen MR) is 69.5 cm³/mol. The number of aromatic nitrogens is 2. The van der Waals surface area contributed by atoms with Crippen LogP contribution in [0.4, 0.5) is 5.82 Å². The Morgan fingerprint density at radius 2 is 2.29 bits per heavy atom. The van der Waals surface area contributed by atoms with Crippen LogP contribution in [0.25, 0.3) is 0 Å². The molecule has 0 unspecified atom stereocenters. The lowest BCUT2D eigenvalue weighted by atomic mass is 10.0. The van der Waals surface area contributed by atoms with Crippen LogP contribution < -0.4 is 11.1 Å². The molecule has 0 fully saturated rings. The number of hydrogen-bond donors (Lipinski definition) is 3. The zero-order chi connectivity index (χ0) is 12.4. The van der Waals surface area contributed by atoms with Crippen LogP contribution in [-0.2, 0) is 12.8 Å². The summed E-state index contributed by atoms with van der Waals surface area (Å²) in [4.78, 5) is 0. The Morgan fingerprint density at radius 1 is 1.53 bits per heavy atom. The first kappa shape index (κ1) is 12.0. The lowest BCUT2D eigenvalue weighted by molar-refractivity contribution is 0.623. The van der Waals surface area contributed by atoms with Crippen molar-refractivity contribution in [2.75, 3.05) is 11.9 Å². The van der Waals surface area contributed by atoms with E-state index in [4.69, 9.17) is 11.1 Å². The highest BCUT2D eigenvalue weighted by Crippen LogP contribution is 2.26. The quantitative estimate of drug-likeness (QED) is 0.537. The number of anilines is 1. The number of rotatable bonds is 2. The van der Waals surface area contributed by atoms with Crippen LogP contribution >= 0.6 is 0 Å². The number of nitrogens with two attached hydrogens (primary N) is 1. The van der Waals surface area contributed by atoms with Crippen LogP contribution in [0.2, 0.25) is 0 Å². The Bertz CT molecular complexity index is 419. The van der Waals surface area contributed by atoms with Gasteiger partial charge in [-0.25, -0.2) is 0 Å². The maximum Gasteiger partial charge on any atom is 0.215 e. The summed E-state index contributed by atoms with van der Waals surface area (Å²) in [5, 5.41) is 15.4. The third kappa shape index (κ3) is 2.43. The molecular weight excluding hydrogens is 214 g/mol. The van der Waals surface area contributed by atoms with Crippen LogP contribution in [0.3, 0.4) is 0 Å². The van der Waals surface area contributed by atoms with Crippen molar-refractivity contribution >= 4 is 11.8 Å². The van der Waals surface area contributed by atoms with Gasteiger partial charge >= 0.3 is 0 Å². The van der Waals surface area contributed by atoms with Crippen molar-refractivity contribution in [2.24, 2.45) is 11.7 Å². The molecule has 1 aromatic heterocycles. The van der Waals surface area contributed by atoms with Gasteiger partial charge in [-0.05, 0) is 31.6 Å². The minimum atomic E-state index is -0.00865. The van der Waals surface area contributed by atoms with Crippen molar-refractivity contribution in [1.82, 2.24) is 9.78 Å². The van der Waals surface area contributed by atoms with Gasteiger partial charge in [0.2, 0.25) is 5.96 Å². The molecule has 0 aliphatic carbocycles. The molecule has 0 saturated heterocycles. The van der Waals surface area contributed by atoms with Crippen LogP contribution in [-0.4, -0.2) is 22.3 Å². The zero-order valence-corrected chi connectivity index (χ0v) is 10.6. The monoisotopic (exact) mass is 235 g/mol. The van der Waals surface area contributed by atoms with E-state index in [0.717, 1.165) is 37.3 Å². The Labute approximate surface area is 102 Å². The smallest absolute Gasteiger partial charge is 0.215 e. The summed E-state index contributed by atoms with van der Waals surface area (Å²) in [6, 6.07) is 0. The Morgan fingerprint density at radius 3 is 2.94 bits per heavy atom. The standard InChI is InChI=1S/C12H21N5/c1-8(2)7-10-9-5-3-4-6-15-11(9)17(16-10)12(13)14/h8,15H,3-7H2,1-2H3,(H3,13,14). The fourth-order valence-corrected chi connectivity index (χ4v) is 2.30. The van der Waals surface area contributed by atoms with Crippen LogP contribution in [0.5, 0.6) is 0 Å². The van der Waals surface area contributed by atoms with Crippen molar-refractivity contribution < 1.29 is 0 Å². The molecule has 2 rings (SSSR count). The van der Waals surface area contributed by atoms with E-state index in [1.54, 1.807) is 4.68 Å². The fraction of sp³-hybridized carbons (Fsp3) is 0.667. The van der Waals surface area contributed by atoms with Gasteiger partial charge in [0.15, 0.2) is 0 Å². The summed E-state index contributed by atoms with van der Waals surface area (Å²) in [5.41, 5.74) is 7.93. The summed E-state index contributed by atoms with van der Waals surface area (Å²) in [7, 11) is 0. The highest BCUT2D eigenvalue weighted by molar-refractivity contribution is 5.81. The molecule has 5 nitrogen and oxygen atoms in total. The summed E-state index contributed by atoms with van der Waals surface area (Å²) in [6.07, 6.45) is 4.32. The van der Waals surface area contributed by atoms with E-state index in [-0.39, 0.29) is 5.96 Å². The largest absolute Gasteiger partial charge is 0.370 e. The van der Waals surface area contributed by atoms with Gasteiger partial charge in [0.25, 0.3) is 0 Å². The molecule has 0 spiro atoms. The van der Waals surface area contributed by atoms with Crippen LogP contribution in [0.1, 0.15) is 37.9 Å². The van der Waals surface area contributed by atoms with E-state index >= 15 is 0 Å². The normalized spacial score (nSPS) is 15.2. The molecule has 0 saturated carbocycles. The maximum atomic E-state index is 7.58. The Hall–Kier alpha value is -1.52. The number of nitrogens with one attached hydrogen (secondary N) is 2. The second-order valence-electron chi connectivity index (χ2n) is 5.05. The highest BCUT2D eigenvalue weighted by atomic mass is 15.4. The Kier molecular flexibility index (Phi) is 3.36. The lowest BCUT2D eigenvalue weighted by Gasteiger charge is -2.06. The minimum Gasteiger partial charge on any atom is -0.370 e. The molecule has 1 aromatic rings. The molecule has 17 heavy (non-hydrogen) atoms. The van der Waals surface area contributed by atoms with Crippen molar-refractivity contribution in [2.45, 2.75) is 39.5 Å². The van der Waals surface area contributed by atoms with Crippen LogP contribution in [0, 0.1) is 11.3 Å². The summed E-state index contributed by atoms with van der Waals surface area (Å²) >= 11 is 0. The lowest BCUT2D eigenvalue weighted by Crippen LogP contribution is -2.24. The van der Waals surface area contributed by atoms with E-state index < -0.39 is 0 Å². The third-order valence-corrected chi connectivity index (χ3v) is 3.04. The molecular formula is C12H21N5. The number of nitrogens with zero attached hydrogens (tertiary/aromatic N) is 2. The molecule has 0 amide bonds. The van der Waals surface area contributed by atoms with Gasteiger partial charge in [-0.3, -0.25) is 5.41 Å². The second-order valence-corrected chi connectivity index (χ2v) is 5.05. The van der Waals surface area contributed by atoms with Crippen molar-refractivity contribution in [3.8, 4) is 0 Å². The highest BCUT2D eigenvalue weighted by Gasteiger charge is 2.21. The fourth-order valence-electron chi connectivity index (χ4n) is 2.30. The zero-order valence-electron chi connectivity index (χ0n) is 10.6. The third-order valence-electron chi connectivity index (χ3n) is 3.04. The SMILES string of the molecule is CC(C)Cc1nn(C(=N)N)c2c1CCCCN2. The predicted octanol–water partition coefficient (Wildman–Crippen LogP) is 1.57. The first-order valence-corrected chi connectivity index (χ1v) is 6.28. The first-order valence-electron chi connectivity index (χ1n) is 6.28. The van der Waals surface area contributed by atoms with Crippen LogP contribution in [0.15, 0.2) is 0 Å². The molecule has 0 bridgehead atoms. The van der Waals surface area contributed by atoms with Crippen molar-refractivity contribution in [3.05, 3.63) is 11.3 Å². The van der Waals surface area contributed by atoms with Gasteiger partial charge in [-0.1, -0.05) is 13.8 Å². The van der Waals surface area contributed by atoms with E-state index in [0.29, 0.717) is 5.92 Å². The van der Waals surface area contributed by atoms with E-state index in [9.17, 15) is 0 Å². The average molecular weight is 235 g/mol. The Balaban J connectivity index is 2.42. The molecule has 94 valence electrons. The van der Waals surface area contributed by atoms with Crippen molar-refractivity contribution in [3.63, 3.8) is 0 Å². The summed E-state index contributed by atoms with van der Waals surface area (Å²) < 4.78 is 1.54. The molecule has 0 atom stereocenters. The van der Waals surface area contributed by atoms with Gasteiger partial charge in [0, 0.05) is 12.1 Å². The summed E-state index contributed by atoms with van der Waals surface area (Å²) in [5.74, 6) is 1.49. The van der Waals surface area contributed by atoms with Gasteiger partial charge in [-0.15, -0.1) is 0 Å². The minimum absolute atomic E-state index is 0.00865. The van der Waals surface area contributed by atoms with E-state index in [2.05, 4.69) is 24.3 Å². The molecule has 0 radical (unpaired) electrons. The second kappa shape index (κ2) is 4.77. The van der Waals surface area contributed by atoms with Gasteiger partial charge < -0.3 is 11.1 Å². The molecule has 0 aromatic carbocycles. The first-order chi connectivity index (χ1) is 8.09. The molecule has 1 aliphatic heterocycles. The number of hydrogen-bond acceptors (Lipinski definition) is 3. The summed E-state index contributed by atoms with van der Waals surface area (Å²) in [6.45, 7) is 5.31. The number of fused-ring (bicyclic) bond motifs is 1.